The van der Waals surface area contributed by atoms with Crippen LogP contribution in [-0.2, 0) is 16.1 Å². The first-order valence-corrected chi connectivity index (χ1v) is 8.17. The number of nitrogens with one attached hydrogen (secondary N) is 1. The first-order chi connectivity index (χ1) is 10.3. The molecule has 0 saturated heterocycles. The van der Waals surface area contributed by atoms with Gasteiger partial charge in [-0.2, -0.15) is 0 Å². The standard InChI is InChI=1S/C18H29NO2/c1-15-6-8-16(9-7-15)13-19-18-5-3-4-17(12-18)14-21-11-10-20-2/h3-5,12,15-16,19H,6-11,13-14H2,1-2H3. The predicted octanol–water partition coefficient (Wildman–Crippen LogP) is 4.09. The first-order valence-electron chi connectivity index (χ1n) is 8.17. The Kier molecular flexibility index (Phi) is 7.04. The van der Waals surface area contributed by atoms with Crippen molar-refractivity contribution in [3.63, 3.8) is 0 Å². The number of hydrogen-bond acceptors (Lipinski definition) is 3. The van der Waals surface area contributed by atoms with Crippen LogP contribution in [0.3, 0.4) is 0 Å². The molecule has 118 valence electrons. The molecule has 1 aliphatic rings. The Morgan fingerprint density at radius 2 is 1.95 bits per heavy atom. The van der Waals surface area contributed by atoms with Crippen molar-refractivity contribution in [2.45, 2.75) is 39.2 Å². The summed E-state index contributed by atoms with van der Waals surface area (Å²) in [6, 6.07) is 8.54. The number of hydrogen-bond donors (Lipinski definition) is 1. The molecule has 3 heteroatoms. The van der Waals surface area contributed by atoms with Gasteiger partial charge in [0.15, 0.2) is 0 Å². The summed E-state index contributed by atoms with van der Waals surface area (Å²) in [4.78, 5) is 0. The van der Waals surface area contributed by atoms with Crippen molar-refractivity contribution in [1.29, 1.82) is 0 Å². The smallest absolute Gasteiger partial charge is 0.0718 e. The maximum Gasteiger partial charge on any atom is 0.0718 e. The van der Waals surface area contributed by atoms with E-state index >= 15 is 0 Å². The minimum Gasteiger partial charge on any atom is -0.385 e. The van der Waals surface area contributed by atoms with Gasteiger partial charge < -0.3 is 14.8 Å². The average Bonchev–Trinajstić information content (AvgIpc) is 2.52. The lowest BCUT2D eigenvalue weighted by atomic mass is 9.83. The Morgan fingerprint density at radius 1 is 1.14 bits per heavy atom. The van der Waals surface area contributed by atoms with E-state index in [9.17, 15) is 0 Å². The molecular weight excluding hydrogens is 262 g/mol. The molecule has 0 amide bonds. The van der Waals surface area contributed by atoms with E-state index in [4.69, 9.17) is 9.47 Å². The van der Waals surface area contributed by atoms with Gasteiger partial charge in [0.25, 0.3) is 0 Å². The number of methoxy groups -OCH3 is 1. The van der Waals surface area contributed by atoms with Crippen LogP contribution < -0.4 is 5.32 Å². The molecule has 1 fully saturated rings. The van der Waals surface area contributed by atoms with Crippen LogP contribution in [0.15, 0.2) is 24.3 Å². The van der Waals surface area contributed by atoms with Crippen molar-refractivity contribution in [2.24, 2.45) is 11.8 Å². The molecule has 1 saturated carbocycles. The minimum atomic E-state index is 0.647. The summed E-state index contributed by atoms with van der Waals surface area (Å²) in [5.41, 5.74) is 2.43. The Bertz CT molecular complexity index is 400. The van der Waals surface area contributed by atoms with Crippen molar-refractivity contribution < 1.29 is 9.47 Å². The molecule has 0 heterocycles. The van der Waals surface area contributed by atoms with E-state index in [1.165, 1.54) is 36.9 Å². The zero-order chi connectivity index (χ0) is 14.9. The maximum atomic E-state index is 5.57. The number of ether oxygens (including phenoxy) is 2. The molecule has 0 bridgehead atoms. The van der Waals surface area contributed by atoms with Crippen LogP contribution in [0.1, 0.15) is 38.2 Å². The van der Waals surface area contributed by atoms with E-state index in [0.717, 1.165) is 18.4 Å². The van der Waals surface area contributed by atoms with Gasteiger partial charge >= 0.3 is 0 Å². The van der Waals surface area contributed by atoms with Crippen molar-refractivity contribution in [1.82, 2.24) is 0 Å². The highest BCUT2D eigenvalue weighted by molar-refractivity contribution is 5.45. The fourth-order valence-corrected chi connectivity index (χ4v) is 2.90. The molecule has 1 aromatic rings. The van der Waals surface area contributed by atoms with Crippen molar-refractivity contribution in [3.05, 3.63) is 29.8 Å². The van der Waals surface area contributed by atoms with Crippen LogP contribution in [0, 0.1) is 11.8 Å². The number of rotatable bonds is 8. The summed E-state index contributed by atoms with van der Waals surface area (Å²) in [7, 11) is 1.69. The average molecular weight is 291 g/mol. The summed E-state index contributed by atoms with van der Waals surface area (Å²) >= 11 is 0. The summed E-state index contributed by atoms with van der Waals surface area (Å²) in [6.07, 6.45) is 5.52. The normalized spacial score (nSPS) is 22.2. The summed E-state index contributed by atoms with van der Waals surface area (Å²) in [5, 5.41) is 3.59. The van der Waals surface area contributed by atoms with Gasteiger partial charge in [-0.25, -0.2) is 0 Å². The molecule has 3 nitrogen and oxygen atoms in total. The second-order valence-corrected chi connectivity index (χ2v) is 6.25. The van der Waals surface area contributed by atoms with Crippen LogP contribution in [-0.4, -0.2) is 26.9 Å². The van der Waals surface area contributed by atoms with Gasteiger partial charge in [0.2, 0.25) is 0 Å². The Balaban J connectivity index is 1.73. The molecule has 0 unspecified atom stereocenters. The van der Waals surface area contributed by atoms with E-state index in [2.05, 4.69) is 36.5 Å². The molecule has 0 radical (unpaired) electrons. The molecule has 0 aliphatic heterocycles. The van der Waals surface area contributed by atoms with Gasteiger partial charge in [0.1, 0.15) is 0 Å². The zero-order valence-corrected chi connectivity index (χ0v) is 13.4. The third kappa shape index (κ3) is 6.06. The van der Waals surface area contributed by atoms with Crippen LogP contribution in [0.2, 0.25) is 0 Å². The van der Waals surface area contributed by atoms with Crippen molar-refractivity contribution >= 4 is 5.69 Å². The Hall–Kier alpha value is -1.06. The molecule has 0 spiro atoms. The third-order valence-electron chi connectivity index (χ3n) is 4.36. The highest BCUT2D eigenvalue weighted by Crippen LogP contribution is 2.28. The Morgan fingerprint density at radius 3 is 2.71 bits per heavy atom. The fraction of sp³-hybridized carbons (Fsp3) is 0.667. The largest absolute Gasteiger partial charge is 0.385 e. The van der Waals surface area contributed by atoms with E-state index in [-0.39, 0.29) is 0 Å². The molecule has 1 aromatic carbocycles. The predicted molar refractivity (Wildman–Crippen MR) is 87.6 cm³/mol. The topological polar surface area (TPSA) is 30.5 Å². The molecule has 0 atom stereocenters. The molecule has 2 rings (SSSR count). The van der Waals surface area contributed by atoms with E-state index in [0.29, 0.717) is 19.8 Å². The summed E-state index contributed by atoms with van der Waals surface area (Å²) in [5.74, 6) is 1.76. The first kappa shape index (κ1) is 16.3. The second kappa shape index (κ2) is 9.06. The lowest BCUT2D eigenvalue weighted by molar-refractivity contribution is 0.0617. The molecule has 0 aromatic heterocycles. The van der Waals surface area contributed by atoms with Crippen LogP contribution in [0.4, 0.5) is 5.69 Å². The van der Waals surface area contributed by atoms with E-state index in [1.54, 1.807) is 7.11 Å². The van der Waals surface area contributed by atoms with Crippen LogP contribution >= 0.6 is 0 Å². The maximum absolute atomic E-state index is 5.57. The van der Waals surface area contributed by atoms with E-state index in [1.807, 2.05) is 0 Å². The van der Waals surface area contributed by atoms with Gasteiger partial charge in [-0.05, 0) is 42.4 Å². The van der Waals surface area contributed by atoms with Gasteiger partial charge in [0, 0.05) is 19.3 Å². The number of anilines is 1. The monoisotopic (exact) mass is 291 g/mol. The highest BCUT2D eigenvalue weighted by atomic mass is 16.5. The molecule has 21 heavy (non-hydrogen) atoms. The van der Waals surface area contributed by atoms with Gasteiger partial charge in [-0.15, -0.1) is 0 Å². The second-order valence-electron chi connectivity index (χ2n) is 6.25. The van der Waals surface area contributed by atoms with Gasteiger partial charge in [0.05, 0.1) is 19.8 Å². The van der Waals surface area contributed by atoms with Crippen molar-refractivity contribution in [3.8, 4) is 0 Å². The van der Waals surface area contributed by atoms with Gasteiger partial charge in [-0.1, -0.05) is 31.9 Å². The SMILES string of the molecule is COCCOCc1cccc(NCC2CCC(C)CC2)c1. The summed E-state index contributed by atoms with van der Waals surface area (Å²) in [6.45, 7) is 5.42. The summed E-state index contributed by atoms with van der Waals surface area (Å²) < 4.78 is 10.5. The molecule has 1 aliphatic carbocycles. The zero-order valence-electron chi connectivity index (χ0n) is 13.4. The lowest BCUT2D eigenvalue weighted by Crippen LogP contribution is -2.20. The number of benzene rings is 1. The fourth-order valence-electron chi connectivity index (χ4n) is 2.90. The molecule has 1 N–H and O–H groups in total. The van der Waals surface area contributed by atoms with Crippen LogP contribution in [0.5, 0.6) is 0 Å². The van der Waals surface area contributed by atoms with Gasteiger partial charge in [-0.3, -0.25) is 0 Å². The Labute approximate surface area is 129 Å². The lowest BCUT2D eigenvalue weighted by Gasteiger charge is -2.26. The molecular formula is C18H29NO2. The minimum absolute atomic E-state index is 0.647. The van der Waals surface area contributed by atoms with Crippen molar-refractivity contribution in [2.75, 3.05) is 32.2 Å². The van der Waals surface area contributed by atoms with Crippen LogP contribution in [0.25, 0.3) is 0 Å². The highest BCUT2D eigenvalue weighted by Gasteiger charge is 2.17. The third-order valence-corrected chi connectivity index (χ3v) is 4.36. The van der Waals surface area contributed by atoms with E-state index < -0.39 is 0 Å². The quantitative estimate of drug-likeness (QED) is 0.732.